The zero-order valence-corrected chi connectivity index (χ0v) is 13.7. The Kier molecular flexibility index (Phi) is 4.24. The zero-order chi connectivity index (χ0) is 16.4. The number of rotatable bonds is 4. The molecule has 0 aliphatic carbocycles. The van der Waals surface area contributed by atoms with Gasteiger partial charge in [0.15, 0.2) is 0 Å². The minimum Gasteiger partial charge on any atom is -0.492 e. The molecule has 2 aromatic carbocycles. The van der Waals surface area contributed by atoms with Crippen LogP contribution < -0.4 is 14.8 Å². The van der Waals surface area contributed by atoms with Crippen molar-refractivity contribution in [2.24, 2.45) is 0 Å². The molecule has 0 unspecified atom stereocenters. The van der Waals surface area contributed by atoms with E-state index in [1.165, 1.54) is 0 Å². The highest BCUT2D eigenvalue weighted by Gasteiger charge is 2.22. The maximum atomic E-state index is 12.5. The average Bonchev–Trinajstić information content (AvgIpc) is 2.87. The molecule has 0 spiro atoms. The molecule has 0 saturated carbocycles. The van der Waals surface area contributed by atoms with Gasteiger partial charge in [0.05, 0.1) is 12.3 Å². The SMILES string of the molecule is CCOc1cc2c(cc1NC(=O)c1cccc(C)c1)O[C@H](C)C2. The number of amides is 1. The Bertz CT molecular complexity index is 739. The van der Waals surface area contributed by atoms with Crippen LogP contribution in [0.3, 0.4) is 0 Å². The summed E-state index contributed by atoms with van der Waals surface area (Å²) in [4.78, 5) is 12.5. The number of fused-ring (bicyclic) bond motifs is 1. The molecule has 0 radical (unpaired) electrons. The normalized spacial score (nSPS) is 15.7. The molecule has 4 heteroatoms. The molecule has 1 aliphatic rings. The summed E-state index contributed by atoms with van der Waals surface area (Å²) >= 11 is 0. The van der Waals surface area contributed by atoms with Crippen molar-refractivity contribution in [2.75, 3.05) is 11.9 Å². The van der Waals surface area contributed by atoms with Gasteiger partial charge in [-0.2, -0.15) is 0 Å². The second kappa shape index (κ2) is 6.32. The predicted octanol–water partition coefficient (Wildman–Crippen LogP) is 3.97. The van der Waals surface area contributed by atoms with Crippen LogP contribution in [0.4, 0.5) is 5.69 Å². The molecule has 4 nitrogen and oxygen atoms in total. The van der Waals surface area contributed by atoms with E-state index in [-0.39, 0.29) is 12.0 Å². The predicted molar refractivity (Wildman–Crippen MR) is 90.5 cm³/mol. The van der Waals surface area contributed by atoms with E-state index in [4.69, 9.17) is 9.47 Å². The number of nitrogens with one attached hydrogen (secondary N) is 1. The molecular weight excluding hydrogens is 290 g/mol. The summed E-state index contributed by atoms with van der Waals surface area (Å²) in [5.74, 6) is 1.35. The molecule has 120 valence electrons. The molecule has 1 atom stereocenters. The Hall–Kier alpha value is -2.49. The molecule has 1 heterocycles. The number of hydrogen-bond donors (Lipinski definition) is 1. The topological polar surface area (TPSA) is 47.6 Å². The number of carbonyl (C=O) groups is 1. The third-order valence-corrected chi connectivity index (χ3v) is 3.83. The van der Waals surface area contributed by atoms with Gasteiger partial charge < -0.3 is 14.8 Å². The molecule has 0 saturated heterocycles. The lowest BCUT2D eigenvalue weighted by Gasteiger charge is -2.13. The van der Waals surface area contributed by atoms with Crippen LogP contribution in [0.2, 0.25) is 0 Å². The number of aryl methyl sites for hydroxylation is 1. The third-order valence-electron chi connectivity index (χ3n) is 3.83. The maximum absolute atomic E-state index is 12.5. The van der Waals surface area contributed by atoms with Crippen LogP contribution in [0.25, 0.3) is 0 Å². The molecular formula is C19H21NO3. The summed E-state index contributed by atoms with van der Waals surface area (Å²) in [7, 11) is 0. The van der Waals surface area contributed by atoms with Crippen LogP contribution in [-0.2, 0) is 6.42 Å². The fourth-order valence-electron chi connectivity index (χ4n) is 2.79. The van der Waals surface area contributed by atoms with Gasteiger partial charge in [-0.1, -0.05) is 17.7 Å². The Balaban J connectivity index is 1.89. The van der Waals surface area contributed by atoms with E-state index < -0.39 is 0 Å². The molecule has 3 rings (SSSR count). The first kappa shape index (κ1) is 15.4. The second-order valence-corrected chi connectivity index (χ2v) is 5.85. The lowest BCUT2D eigenvalue weighted by molar-refractivity contribution is 0.102. The van der Waals surface area contributed by atoms with Crippen LogP contribution >= 0.6 is 0 Å². The largest absolute Gasteiger partial charge is 0.492 e. The molecule has 0 bridgehead atoms. The quantitative estimate of drug-likeness (QED) is 0.929. The standard InChI is InChI=1S/C19H21NO3/c1-4-22-18-10-15-9-13(3)23-17(15)11-16(18)20-19(21)14-7-5-6-12(2)8-14/h5-8,10-11,13H,4,9H2,1-3H3,(H,20,21)/t13-/m1/s1. The minimum absolute atomic E-state index is 0.152. The van der Waals surface area contributed by atoms with Gasteiger partial charge in [0.2, 0.25) is 0 Å². The molecule has 1 amide bonds. The molecule has 1 aliphatic heterocycles. The van der Waals surface area contributed by atoms with Crippen molar-refractivity contribution < 1.29 is 14.3 Å². The number of hydrogen-bond acceptors (Lipinski definition) is 3. The van der Waals surface area contributed by atoms with Crippen LogP contribution in [0.1, 0.15) is 35.3 Å². The van der Waals surface area contributed by atoms with Crippen molar-refractivity contribution in [3.8, 4) is 11.5 Å². The highest BCUT2D eigenvalue weighted by molar-refractivity contribution is 6.05. The van der Waals surface area contributed by atoms with Crippen molar-refractivity contribution in [1.29, 1.82) is 0 Å². The van der Waals surface area contributed by atoms with Gasteiger partial charge >= 0.3 is 0 Å². The van der Waals surface area contributed by atoms with Gasteiger partial charge in [-0.05, 0) is 39.0 Å². The lowest BCUT2D eigenvalue weighted by atomic mass is 10.1. The Morgan fingerprint density at radius 2 is 2.17 bits per heavy atom. The molecule has 0 aromatic heterocycles. The van der Waals surface area contributed by atoms with E-state index >= 15 is 0 Å². The summed E-state index contributed by atoms with van der Waals surface area (Å²) < 4.78 is 11.5. The average molecular weight is 311 g/mol. The highest BCUT2D eigenvalue weighted by Crippen LogP contribution is 2.38. The van der Waals surface area contributed by atoms with E-state index in [9.17, 15) is 4.79 Å². The highest BCUT2D eigenvalue weighted by atomic mass is 16.5. The van der Waals surface area contributed by atoms with E-state index in [0.717, 1.165) is 23.3 Å². The van der Waals surface area contributed by atoms with Crippen LogP contribution in [0.5, 0.6) is 11.5 Å². The third kappa shape index (κ3) is 3.31. The van der Waals surface area contributed by atoms with Crippen LogP contribution in [0.15, 0.2) is 36.4 Å². The Labute approximate surface area is 136 Å². The number of anilines is 1. The smallest absolute Gasteiger partial charge is 0.255 e. The number of carbonyl (C=O) groups excluding carboxylic acids is 1. The van der Waals surface area contributed by atoms with Gasteiger partial charge in [-0.25, -0.2) is 0 Å². The summed E-state index contributed by atoms with van der Waals surface area (Å²) in [5.41, 5.74) is 3.44. The molecule has 1 N–H and O–H groups in total. The summed E-state index contributed by atoms with van der Waals surface area (Å²) in [6.45, 7) is 6.47. The van der Waals surface area contributed by atoms with Gasteiger partial charge in [-0.3, -0.25) is 4.79 Å². The van der Waals surface area contributed by atoms with E-state index in [2.05, 4.69) is 5.32 Å². The van der Waals surface area contributed by atoms with E-state index in [1.54, 1.807) is 6.07 Å². The van der Waals surface area contributed by atoms with Gasteiger partial charge in [0.1, 0.15) is 17.6 Å². The summed E-state index contributed by atoms with van der Waals surface area (Å²) in [5, 5.41) is 2.94. The Morgan fingerprint density at radius 3 is 2.91 bits per heavy atom. The monoisotopic (exact) mass is 311 g/mol. The van der Waals surface area contributed by atoms with Gasteiger partial charge in [-0.15, -0.1) is 0 Å². The Morgan fingerprint density at radius 1 is 1.35 bits per heavy atom. The van der Waals surface area contributed by atoms with Crippen molar-refractivity contribution >= 4 is 11.6 Å². The van der Waals surface area contributed by atoms with Crippen molar-refractivity contribution in [3.63, 3.8) is 0 Å². The first-order valence-corrected chi connectivity index (χ1v) is 7.91. The van der Waals surface area contributed by atoms with Crippen molar-refractivity contribution in [3.05, 3.63) is 53.1 Å². The fraction of sp³-hybridized carbons (Fsp3) is 0.316. The van der Waals surface area contributed by atoms with Gasteiger partial charge in [0, 0.05) is 23.6 Å². The second-order valence-electron chi connectivity index (χ2n) is 5.85. The van der Waals surface area contributed by atoms with Gasteiger partial charge in [0.25, 0.3) is 5.91 Å². The zero-order valence-electron chi connectivity index (χ0n) is 13.7. The lowest BCUT2D eigenvalue weighted by Crippen LogP contribution is -2.13. The van der Waals surface area contributed by atoms with Crippen LogP contribution in [0, 0.1) is 6.92 Å². The number of benzene rings is 2. The summed E-state index contributed by atoms with van der Waals surface area (Å²) in [6, 6.07) is 11.3. The molecule has 23 heavy (non-hydrogen) atoms. The van der Waals surface area contributed by atoms with Crippen LogP contribution in [-0.4, -0.2) is 18.6 Å². The van der Waals surface area contributed by atoms with Crippen molar-refractivity contribution in [2.45, 2.75) is 33.3 Å². The fourth-order valence-corrected chi connectivity index (χ4v) is 2.79. The number of ether oxygens (including phenoxy) is 2. The van der Waals surface area contributed by atoms with E-state index in [0.29, 0.717) is 23.6 Å². The van der Waals surface area contributed by atoms with E-state index in [1.807, 2.05) is 51.1 Å². The molecule has 2 aromatic rings. The van der Waals surface area contributed by atoms with Crippen molar-refractivity contribution in [1.82, 2.24) is 0 Å². The minimum atomic E-state index is -0.152. The first-order chi connectivity index (χ1) is 11.1. The molecule has 0 fully saturated rings. The summed E-state index contributed by atoms with van der Waals surface area (Å²) in [6.07, 6.45) is 1.02. The maximum Gasteiger partial charge on any atom is 0.255 e. The first-order valence-electron chi connectivity index (χ1n) is 7.91.